The Hall–Kier alpha value is -1.14. The van der Waals surface area contributed by atoms with E-state index in [1.807, 2.05) is 0 Å². The molecular weight excluding hydrogens is 306 g/mol. The first-order valence-corrected chi connectivity index (χ1v) is 8.19. The van der Waals surface area contributed by atoms with Crippen LogP contribution in [0, 0.1) is 0 Å². The molecule has 2 rings (SSSR count). The van der Waals surface area contributed by atoms with E-state index >= 15 is 0 Å². The van der Waals surface area contributed by atoms with Crippen LogP contribution >= 0.6 is 11.3 Å². The summed E-state index contributed by atoms with van der Waals surface area (Å²) in [6.45, 7) is 3.29. The molecule has 1 aliphatic heterocycles. The summed E-state index contributed by atoms with van der Waals surface area (Å²) in [5, 5.41) is 12.8. The van der Waals surface area contributed by atoms with E-state index < -0.39 is 10.0 Å². The summed E-state index contributed by atoms with van der Waals surface area (Å²) in [6.07, 6.45) is 0. The largest absolute Gasteiger partial charge is 0.378 e. The van der Waals surface area contributed by atoms with Gasteiger partial charge in [0.2, 0.25) is 15.4 Å². The maximum Gasteiger partial charge on any atom is 0.269 e. The molecule has 112 valence electrons. The Morgan fingerprint density at radius 3 is 3.00 bits per heavy atom. The van der Waals surface area contributed by atoms with Crippen LogP contribution in [-0.2, 0) is 19.6 Å². The molecule has 1 aliphatic rings. The first kappa shape index (κ1) is 15.3. The monoisotopic (exact) mass is 321 g/mol. The molecule has 0 radical (unpaired) electrons. The Balaban J connectivity index is 1.95. The second-order valence-corrected chi connectivity index (χ2v) is 7.05. The average Bonchev–Trinajstić information content (AvgIpc) is 2.86. The fourth-order valence-corrected chi connectivity index (χ4v) is 3.61. The van der Waals surface area contributed by atoms with E-state index in [1.165, 1.54) is 6.92 Å². The Morgan fingerprint density at radius 2 is 2.35 bits per heavy atom. The van der Waals surface area contributed by atoms with Crippen LogP contribution < -0.4 is 15.4 Å². The smallest absolute Gasteiger partial charge is 0.269 e. The van der Waals surface area contributed by atoms with Gasteiger partial charge in [0.25, 0.3) is 10.0 Å². The second-order valence-electron chi connectivity index (χ2n) is 4.13. The lowest BCUT2D eigenvalue weighted by Gasteiger charge is -2.23. The zero-order valence-electron chi connectivity index (χ0n) is 10.7. The second kappa shape index (κ2) is 6.54. The van der Waals surface area contributed by atoms with Gasteiger partial charge in [0.15, 0.2) is 0 Å². The molecular formula is C9H15N5O4S2. The maximum atomic E-state index is 12.0. The van der Waals surface area contributed by atoms with Crippen molar-refractivity contribution in [2.75, 3.05) is 31.6 Å². The molecule has 1 saturated heterocycles. The van der Waals surface area contributed by atoms with Crippen LogP contribution in [0.1, 0.15) is 6.92 Å². The zero-order chi connectivity index (χ0) is 14.6. The van der Waals surface area contributed by atoms with E-state index in [4.69, 9.17) is 4.74 Å². The Bertz CT molecular complexity index is 567. The molecule has 0 aromatic carbocycles. The Labute approximate surface area is 120 Å². The van der Waals surface area contributed by atoms with E-state index in [0.29, 0.717) is 19.8 Å². The van der Waals surface area contributed by atoms with Gasteiger partial charge in [-0.1, -0.05) is 11.3 Å². The van der Waals surface area contributed by atoms with E-state index in [0.717, 1.165) is 11.3 Å². The lowest BCUT2D eigenvalue weighted by molar-refractivity contribution is -0.114. The molecule has 1 amide bonds. The number of ether oxygens (including phenoxy) is 1. The standard InChI is InChI=1S/C9H15N5O4S2/c1-6(15)12-8-13-14-9(19-8)20(16,17)11-4-7-5-18-3-2-10-7/h7,10-11H,2-5H2,1H3,(H,12,13,15). The fraction of sp³-hybridized carbons (Fsp3) is 0.667. The highest BCUT2D eigenvalue weighted by Gasteiger charge is 2.22. The van der Waals surface area contributed by atoms with Crippen molar-refractivity contribution in [1.29, 1.82) is 0 Å². The number of hydrogen-bond donors (Lipinski definition) is 3. The van der Waals surface area contributed by atoms with Crippen molar-refractivity contribution in [3.63, 3.8) is 0 Å². The first-order valence-electron chi connectivity index (χ1n) is 5.89. The molecule has 0 spiro atoms. The number of hydrogen-bond acceptors (Lipinski definition) is 8. The van der Waals surface area contributed by atoms with Gasteiger partial charge in [0, 0.05) is 26.1 Å². The highest BCUT2D eigenvalue weighted by molar-refractivity contribution is 7.91. The van der Waals surface area contributed by atoms with Gasteiger partial charge in [0.05, 0.1) is 13.2 Å². The van der Waals surface area contributed by atoms with Gasteiger partial charge in [-0.3, -0.25) is 4.79 Å². The lowest BCUT2D eigenvalue weighted by Crippen LogP contribution is -2.48. The molecule has 9 nitrogen and oxygen atoms in total. The minimum absolute atomic E-state index is 0.0683. The van der Waals surface area contributed by atoms with Crippen molar-refractivity contribution in [1.82, 2.24) is 20.2 Å². The van der Waals surface area contributed by atoms with Gasteiger partial charge >= 0.3 is 0 Å². The molecule has 1 atom stereocenters. The lowest BCUT2D eigenvalue weighted by atomic mass is 10.3. The number of carbonyl (C=O) groups excluding carboxylic acids is 1. The number of nitrogens with one attached hydrogen (secondary N) is 3. The molecule has 1 fully saturated rings. The molecule has 2 heterocycles. The number of sulfonamides is 1. The molecule has 0 bridgehead atoms. The van der Waals surface area contributed by atoms with Gasteiger partial charge in [-0.25, -0.2) is 13.1 Å². The number of aromatic nitrogens is 2. The number of amides is 1. The predicted octanol–water partition coefficient (Wildman–Crippen LogP) is -1.24. The third-order valence-corrected chi connectivity index (χ3v) is 5.07. The SMILES string of the molecule is CC(=O)Nc1nnc(S(=O)(=O)NCC2COCCN2)s1. The Kier molecular flexibility index (Phi) is 4.99. The van der Waals surface area contributed by atoms with Crippen LogP contribution in [0.3, 0.4) is 0 Å². The van der Waals surface area contributed by atoms with Crippen LogP contribution in [0.25, 0.3) is 0 Å². The topological polar surface area (TPSA) is 122 Å². The summed E-state index contributed by atoms with van der Waals surface area (Å²) in [7, 11) is -3.73. The zero-order valence-corrected chi connectivity index (χ0v) is 12.4. The van der Waals surface area contributed by atoms with Crippen molar-refractivity contribution in [2.45, 2.75) is 17.3 Å². The normalized spacial score (nSPS) is 19.8. The molecule has 1 aromatic heterocycles. The molecule has 3 N–H and O–H groups in total. The van der Waals surface area contributed by atoms with Crippen molar-refractivity contribution >= 4 is 32.4 Å². The molecule has 0 aliphatic carbocycles. The van der Waals surface area contributed by atoms with Gasteiger partial charge < -0.3 is 15.4 Å². The molecule has 11 heteroatoms. The molecule has 1 unspecified atom stereocenters. The van der Waals surface area contributed by atoms with Crippen LogP contribution in [0.5, 0.6) is 0 Å². The van der Waals surface area contributed by atoms with Gasteiger partial charge in [-0.2, -0.15) is 0 Å². The van der Waals surface area contributed by atoms with Crippen molar-refractivity contribution in [3.8, 4) is 0 Å². The summed E-state index contributed by atoms with van der Waals surface area (Å²) in [4.78, 5) is 10.8. The molecule has 1 aromatic rings. The molecule has 20 heavy (non-hydrogen) atoms. The van der Waals surface area contributed by atoms with Crippen LogP contribution in [-0.4, -0.2) is 56.9 Å². The van der Waals surface area contributed by atoms with Crippen molar-refractivity contribution in [2.24, 2.45) is 0 Å². The number of anilines is 1. The number of carbonyl (C=O) groups is 1. The van der Waals surface area contributed by atoms with Gasteiger partial charge in [-0.15, -0.1) is 10.2 Å². The predicted molar refractivity (Wildman–Crippen MR) is 72.0 cm³/mol. The number of morpholine rings is 1. The minimum atomic E-state index is -3.73. The van der Waals surface area contributed by atoms with E-state index in [2.05, 4.69) is 25.6 Å². The first-order chi connectivity index (χ1) is 9.47. The average molecular weight is 321 g/mol. The van der Waals surface area contributed by atoms with Crippen molar-refractivity contribution < 1.29 is 17.9 Å². The quantitative estimate of drug-likeness (QED) is 0.580. The van der Waals surface area contributed by atoms with E-state index in [-0.39, 0.29) is 28.0 Å². The maximum absolute atomic E-state index is 12.0. The van der Waals surface area contributed by atoms with Crippen LogP contribution in [0.4, 0.5) is 5.13 Å². The summed E-state index contributed by atoms with van der Waals surface area (Å²) in [5.74, 6) is -0.332. The molecule has 0 saturated carbocycles. The summed E-state index contributed by atoms with van der Waals surface area (Å²) < 4.78 is 31.5. The highest BCUT2D eigenvalue weighted by Crippen LogP contribution is 2.19. The summed E-state index contributed by atoms with van der Waals surface area (Å²) in [6, 6.07) is -0.0683. The summed E-state index contributed by atoms with van der Waals surface area (Å²) >= 11 is 0.798. The van der Waals surface area contributed by atoms with Crippen LogP contribution in [0.2, 0.25) is 0 Å². The Morgan fingerprint density at radius 1 is 1.55 bits per heavy atom. The number of rotatable bonds is 5. The third kappa shape index (κ3) is 4.18. The minimum Gasteiger partial charge on any atom is -0.378 e. The fourth-order valence-electron chi connectivity index (χ4n) is 1.54. The van der Waals surface area contributed by atoms with Gasteiger partial charge in [-0.05, 0) is 0 Å². The number of nitrogens with zero attached hydrogens (tertiary/aromatic N) is 2. The third-order valence-electron chi connectivity index (χ3n) is 2.44. The highest BCUT2D eigenvalue weighted by atomic mass is 32.2. The summed E-state index contributed by atoms with van der Waals surface area (Å²) in [5.41, 5.74) is 0. The van der Waals surface area contributed by atoms with Crippen LogP contribution in [0.15, 0.2) is 4.34 Å². The van der Waals surface area contributed by atoms with Gasteiger partial charge in [0.1, 0.15) is 0 Å². The van der Waals surface area contributed by atoms with E-state index in [9.17, 15) is 13.2 Å². The van der Waals surface area contributed by atoms with Crippen molar-refractivity contribution in [3.05, 3.63) is 0 Å². The van der Waals surface area contributed by atoms with E-state index in [1.54, 1.807) is 0 Å².